The van der Waals surface area contributed by atoms with Crippen LogP contribution in [-0.2, 0) is 16.0 Å². The summed E-state index contributed by atoms with van der Waals surface area (Å²) in [5.41, 5.74) is 1.14. The summed E-state index contributed by atoms with van der Waals surface area (Å²) in [5.74, 6) is 1.82. The quantitative estimate of drug-likeness (QED) is 0.693. The Morgan fingerprint density at radius 2 is 1.97 bits per heavy atom. The van der Waals surface area contributed by atoms with Gasteiger partial charge in [-0.25, -0.2) is 4.39 Å². The first kappa shape index (κ1) is 18.8. The summed E-state index contributed by atoms with van der Waals surface area (Å²) < 4.78 is 13.2. The van der Waals surface area contributed by atoms with E-state index in [1.165, 1.54) is 31.4 Å². The van der Waals surface area contributed by atoms with Crippen molar-refractivity contribution in [3.63, 3.8) is 0 Å². The fraction of sp³-hybridized carbons (Fsp3) is 0.583. The van der Waals surface area contributed by atoms with Crippen LogP contribution < -0.4 is 10.6 Å². The largest absolute Gasteiger partial charge is 0.356 e. The molecule has 4 nitrogen and oxygen atoms in total. The molecule has 0 unspecified atom stereocenters. The van der Waals surface area contributed by atoms with Crippen LogP contribution in [0.4, 0.5) is 4.39 Å². The van der Waals surface area contributed by atoms with Gasteiger partial charge in [0.25, 0.3) is 0 Å². The lowest BCUT2D eigenvalue weighted by Crippen LogP contribution is -2.44. The molecule has 2 saturated carbocycles. The molecular weight excluding hydrogens is 367 g/mol. The Kier molecular flexibility index (Phi) is 4.52. The highest BCUT2D eigenvalue weighted by atomic mass is 19.1. The molecule has 3 aliphatic carbocycles. The number of hydrogen-bond donors (Lipinski definition) is 2. The van der Waals surface area contributed by atoms with Crippen LogP contribution in [0.1, 0.15) is 50.5 Å². The Labute approximate surface area is 171 Å². The molecule has 0 aromatic heterocycles. The topological polar surface area (TPSA) is 58.2 Å². The Morgan fingerprint density at radius 3 is 2.62 bits per heavy atom. The smallest absolute Gasteiger partial charge is 0.220 e. The normalized spacial score (nSPS) is 33.3. The van der Waals surface area contributed by atoms with Gasteiger partial charge in [0.15, 0.2) is 0 Å². The number of amides is 2. The monoisotopic (exact) mass is 396 g/mol. The Morgan fingerprint density at radius 1 is 1.17 bits per heavy atom. The molecule has 5 rings (SSSR count). The van der Waals surface area contributed by atoms with Gasteiger partial charge in [0.05, 0.1) is 0 Å². The summed E-state index contributed by atoms with van der Waals surface area (Å²) in [6, 6.07) is 6.42. The first-order chi connectivity index (χ1) is 14.0. The molecule has 1 aromatic carbocycles. The van der Waals surface area contributed by atoms with Gasteiger partial charge < -0.3 is 10.6 Å². The van der Waals surface area contributed by atoms with Gasteiger partial charge in [-0.05, 0) is 79.4 Å². The molecule has 4 atom stereocenters. The number of rotatable bonds is 7. The highest BCUT2D eigenvalue weighted by Gasteiger charge is 2.62. The molecular formula is C24H29FN2O2. The van der Waals surface area contributed by atoms with Gasteiger partial charge in [-0.15, -0.1) is 0 Å². The summed E-state index contributed by atoms with van der Waals surface area (Å²) in [4.78, 5) is 24.5. The van der Waals surface area contributed by atoms with E-state index in [0.717, 1.165) is 24.4 Å². The fourth-order valence-corrected chi connectivity index (χ4v) is 6.22. The van der Waals surface area contributed by atoms with Crippen molar-refractivity contribution in [1.82, 2.24) is 10.6 Å². The molecule has 1 aromatic rings. The van der Waals surface area contributed by atoms with E-state index in [-0.39, 0.29) is 17.6 Å². The number of nitrogens with one attached hydrogen (secondary N) is 2. The first-order valence-electron chi connectivity index (χ1n) is 11.0. The van der Waals surface area contributed by atoms with Gasteiger partial charge in [-0.2, -0.15) is 0 Å². The third-order valence-corrected chi connectivity index (χ3v) is 7.93. The number of allylic oxidation sites excluding steroid dienone is 2. The lowest BCUT2D eigenvalue weighted by atomic mass is 9.85. The molecule has 5 heteroatoms. The van der Waals surface area contributed by atoms with Crippen LogP contribution in [0, 0.1) is 29.0 Å². The summed E-state index contributed by atoms with van der Waals surface area (Å²) >= 11 is 0. The molecule has 1 heterocycles. The number of benzene rings is 1. The second-order valence-electron chi connectivity index (χ2n) is 9.68. The van der Waals surface area contributed by atoms with Crippen LogP contribution in [0.15, 0.2) is 36.4 Å². The van der Waals surface area contributed by atoms with Crippen molar-refractivity contribution in [2.45, 2.75) is 56.9 Å². The van der Waals surface area contributed by atoms with Crippen molar-refractivity contribution < 1.29 is 14.0 Å². The maximum absolute atomic E-state index is 13.2. The molecule has 2 bridgehead atoms. The number of carbonyl (C=O) groups excluding carboxylic acids is 2. The summed E-state index contributed by atoms with van der Waals surface area (Å²) in [7, 11) is 0. The summed E-state index contributed by atoms with van der Waals surface area (Å²) in [6.07, 6.45) is 11.6. The van der Waals surface area contributed by atoms with Crippen LogP contribution in [0.2, 0.25) is 0 Å². The van der Waals surface area contributed by atoms with Gasteiger partial charge in [-0.3, -0.25) is 9.59 Å². The van der Waals surface area contributed by atoms with Crippen molar-refractivity contribution in [2.75, 3.05) is 6.54 Å². The van der Waals surface area contributed by atoms with Crippen LogP contribution >= 0.6 is 0 Å². The Balaban J connectivity index is 1.15. The minimum atomic E-state index is -0.403. The van der Waals surface area contributed by atoms with Crippen molar-refractivity contribution in [3.8, 4) is 0 Å². The average Bonchev–Trinajstić information content (AvgIpc) is 3.24. The van der Waals surface area contributed by atoms with E-state index in [0.29, 0.717) is 42.9 Å². The molecule has 1 spiro atoms. The third kappa shape index (κ3) is 3.49. The number of carbonyl (C=O) groups is 2. The first-order valence-corrected chi connectivity index (χ1v) is 11.0. The van der Waals surface area contributed by atoms with E-state index in [4.69, 9.17) is 0 Å². The third-order valence-electron chi connectivity index (χ3n) is 7.93. The number of halogens is 1. The highest BCUT2D eigenvalue weighted by Crippen LogP contribution is 2.69. The molecule has 3 fully saturated rings. The minimum Gasteiger partial charge on any atom is -0.356 e. The van der Waals surface area contributed by atoms with Crippen molar-refractivity contribution in [3.05, 3.63) is 47.8 Å². The maximum Gasteiger partial charge on any atom is 0.220 e. The molecule has 2 amide bonds. The van der Waals surface area contributed by atoms with E-state index >= 15 is 0 Å². The van der Waals surface area contributed by atoms with Crippen molar-refractivity contribution in [1.29, 1.82) is 0 Å². The van der Waals surface area contributed by atoms with E-state index < -0.39 is 5.54 Å². The zero-order chi connectivity index (χ0) is 20.1. The van der Waals surface area contributed by atoms with Crippen molar-refractivity contribution in [2.24, 2.45) is 23.2 Å². The highest BCUT2D eigenvalue weighted by molar-refractivity contribution is 5.80. The van der Waals surface area contributed by atoms with Gasteiger partial charge in [0, 0.05) is 24.9 Å². The predicted octanol–water partition coefficient (Wildman–Crippen LogP) is 3.52. The van der Waals surface area contributed by atoms with Gasteiger partial charge >= 0.3 is 0 Å². The molecule has 4 aliphatic rings. The Bertz CT molecular complexity index is 845. The fourth-order valence-electron chi connectivity index (χ4n) is 6.22. The molecule has 1 saturated heterocycles. The van der Waals surface area contributed by atoms with Crippen LogP contribution in [0.3, 0.4) is 0 Å². The van der Waals surface area contributed by atoms with Crippen LogP contribution in [-0.4, -0.2) is 23.9 Å². The van der Waals surface area contributed by atoms with E-state index in [1.54, 1.807) is 12.1 Å². The molecule has 29 heavy (non-hydrogen) atoms. The van der Waals surface area contributed by atoms with Gasteiger partial charge in [0.1, 0.15) is 5.82 Å². The molecule has 0 radical (unpaired) electrons. The molecule has 2 N–H and O–H groups in total. The second-order valence-corrected chi connectivity index (χ2v) is 9.68. The standard InChI is InChI=1S/C24H29FN2O2/c25-19-4-1-16(2-5-19)14-23(10-8-22(29)27-23)9-7-21(28)26-15-17-13-18-3-6-20(17)24(18)11-12-24/h1-6,17-18,20H,7-15H2,(H,26,28)(H,27,29)/t17-,18+,20+,23+/m0/s1. The summed E-state index contributed by atoms with van der Waals surface area (Å²) in [5, 5.41) is 6.27. The Hall–Kier alpha value is -2.17. The predicted molar refractivity (Wildman–Crippen MR) is 108 cm³/mol. The SMILES string of the molecule is O=C(CC[C@]1(Cc2ccc(F)cc2)CCC(=O)N1)NC[C@@H]1C[C@H]2C=C[C@H]1C21CC1. The van der Waals surface area contributed by atoms with E-state index in [1.807, 2.05) is 0 Å². The van der Waals surface area contributed by atoms with E-state index in [2.05, 4.69) is 22.8 Å². The minimum absolute atomic E-state index is 0.0380. The molecule has 154 valence electrons. The van der Waals surface area contributed by atoms with Crippen LogP contribution in [0.25, 0.3) is 0 Å². The lowest BCUT2D eigenvalue weighted by Gasteiger charge is -2.29. The van der Waals surface area contributed by atoms with Gasteiger partial charge in [0.2, 0.25) is 11.8 Å². The lowest BCUT2D eigenvalue weighted by molar-refractivity contribution is -0.123. The molecule has 1 aliphatic heterocycles. The maximum atomic E-state index is 13.2. The summed E-state index contributed by atoms with van der Waals surface area (Å²) in [6.45, 7) is 0.767. The van der Waals surface area contributed by atoms with E-state index in [9.17, 15) is 14.0 Å². The van der Waals surface area contributed by atoms with Crippen LogP contribution in [0.5, 0.6) is 0 Å². The van der Waals surface area contributed by atoms with Crippen molar-refractivity contribution >= 4 is 11.8 Å². The second kappa shape index (κ2) is 6.96. The van der Waals surface area contributed by atoms with Gasteiger partial charge in [-0.1, -0.05) is 24.3 Å². The average molecular weight is 397 g/mol. The zero-order valence-electron chi connectivity index (χ0n) is 16.8. The number of hydrogen-bond acceptors (Lipinski definition) is 2. The zero-order valence-corrected chi connectivity index (χ0v) is 16.8.